The predicted octanol–water partition coefficient (Wildman–Crippen LogP) is 4.65. The van der Waals surface area contributed by atoms with E-state index in [1.54, 1.807) is 11.0 Å². The van der Waals surface area contributed by atoms with Gasteiger partial charge in [0.2, 0.25) is 5.95 Å². The molecule has 0 radical (unpaired) electrons. The first-order chi connectivity index (χ1) is 10.3. The van der Waals surface area contributed by atoms with Crippen molar-refractivity contribution in [3.63, 3.8) is 0 Å². The van der Waals surface area contributed by atoms with Gasteiger partial charge in [-0.15, -0.1) is 5.10 Å². The Labute approximate surface area is 128 Å². The second-order valence-corrected chi connectivity index (χ2v) is 4.99. The first kappa shape index (κ1) is 17.2. The zero-order valence-corrected chi connectivity index (χ0v) is 13.5. The molecule has 1 N–H and O–H groups in total. The fraction of sp³-hybridized carbons (Fsp3) is 0.529. The minimum atomic E-state index is 0.630. The van der Waals surface area contributed by atoms with Crippen molar-refractivity contribution < 1.29 is 0 Å². The molecule has 0 aliphatic heterocycles. The van der Waals surface area contributed by atoms with Crippen molar-refractivity contribution in [1.29, 1.82) is 0 Å². The highest BCUT2D eigenvalue weighted by atomic mass is 15.4. The average molecular weight is 288 g/mol. The third kappa shape index (κ3) is 6.93. The Morgan fingerprint density at radius 3 is 2.76 bits per heavy atom. The SMILES string of the molecule is CC=CC(=CC=CCCCCCCC)n1cnc(NC)n1. The molecule has 1 rings (SSSR count). The number of hydrogen-bond acceptors (Lipinski definition) is 3. The number of allylic oxidation sites excluding steroid dienone is 6. The lowest BCUT2D eigenvalue weighted by molar-refractivity contribution is 0.637. The largest absolute Gasteiger partial charge is 0.356 e. The van der Waals surface area contributed by atoms with E-state index >= 15 is 0 Å². The van der Waals surface area contributed by atoms with Gasteiger partial charge < -0.3 is 5.32 Å². The van der Waals surface area contributed by atoms with E-state index in [0.717, 1.165) is 12.1 Å². The highest BCUT2D eigenvalue weighted by molar-refractivity contribution is 5.58. The molecule has 4 nitrogen and oxygen atoms in total. The maximum Gasteiger partial charge on any atom is 0.242 e. The molecule has 0 bridgehead atoms. The van der Waals surface area contributed by atoms with E-state index < -0.39 is 0 Å². The highest BCUT2D eigenvalue weighted by Gasteiger charge is 1.99. The lowest BCUT2D eigenvalue weighted by atomic mass is 10.1. The van der Waals surface area contributed by atoms with Crippen molar-refractivity contribution >= 4 is 11.6 Å². The molecule has 4 heteroatoms. The van der Waals surface area contributed by atoms with Crippen LogP contribution in [-0.2, 0) is 0 Å². The monoisotopic (exact) mass is 288 g/mol. The molecule has 0 aromatic carbocycles. The number of hydrogen-bond donors (Lipinski definition) is 1. The summed E-state index contributed by atoms with van der Waals surface area (Å²) in [5.74, 6) is 0.630. The maximum absolute atomic E-state index is 4.34. The molecule has 0 unspecified atom stereocenters. The molecule has 116 valence electrons. The van der Waals surface area contributed by atoms with E-state index in [1.807, 2.05) is 26.1 Å². The van der Waals surface area contributed by atoms with Gasteiger partial charge in [-0.05, 0) is 31.9 Å². The summed E-state index contributed by atoms with van der Waals surface area (Å²) in [4.78, 5) is 4.17. The second-order valence-electron chi connectivity index (χ2n) is 4.99. The van der Waals surface area contributed by atoms with Crippen LogP contribution in [0, 0.1) is 0 Å². The Hall–Kier alpha value is -1.84. The van der Waals surface area contributed by atoms with E-state index in [0.29, 0.717) is 5.95 Å². The van der Waals surface area contributed by atoms with Crippen LogP contribution in [0.2, 0.25) is 0 Å². The third-order valence-corrected chi connectivity index (χ3v) is 3.19. The number of nitrogens with zero attached hydrogens (tertiary/aromatic N) is 3. The van der Waals surface area contributed by atoms with Crippen LogP contribution in [0.5, 0.6) is 0 Å². The van der Waals surface area contributed by atoms with Crippen molar-refractivity contribution in [3.8, 4) is 0 Å². The molecular formula is C17H28N4. The fourth-order valence-corrected chi connectivity index (χ4v) is 2.01. The van der Waals surface area contributed by atoms with Crippen LogP contribution in [0.15, 0.2) is 36.7 Å². The van der Waals surface area contributed by atoms with E-state index in [-0.39, 0.29) is 0 Å². The van der Waals surface area contributed by atoms with Crippen molar-refractivity contribution in [1.82, 2.24) is 14.8 Å². The summed E-state index contributed by atoms with van der Waals surface area (Å²) in [6.07, 6.45) is 19.9. The molecule has 0 saturated heterocycles. The summed E-state index contributed by atoms with van der Waals surface area (Å²) in [6.45, 7) is 4.25. The number of aromatic nitrogens is 3. The molecule has 1 aromatic heterocycles. The molecular weight excluding hydrogens is 260 g/mol. The minimum Gasteiger partial charge on any atom is -0.356 e. The van der Waals surface area contributed by atoms with Crippen LogP contribution in [-0.4, -0.2) is 21.8 Å². The zero-order chi connectivity index (χ0) is 15.3. The summed E-state index contributed by atoms with van der Waals surface area (Å²) in [5.41, 5.74) is 1.01. The molecule has 0 amide bonds. The molecule has 0 aliphatic carbocycles. The topological polar surface area (TPSA) is 42.7 Å². The van der Waals surface area contributed by atoms with Gasteiger partial charge in [0, 0.05) is 7.05 Å². The lowest BCUT2D eigenvalue weighted by Gasteiger charge is -1.99. The van der Waals surface area contributed by atoms with Crippen LogP contribution in [0.1, 0.15) is 52.4 Å². The molecule has 0 fully saturated rings. The van der Waals surface area contributed by atoms with Gasteiger partial charge in [0.15, 0.2) is 0 Å². The molecule has 1 heterocycles. The van der Waals surface area contributed by atoms with Crippen molar-refractivity contribution in [2.24, 2.45) is 0 Å². The summed E-state index contributed by atoms with van der Waals surface area (Å²) in [5, 5.41) is 7.27. The van der Waals surface area contributed by atoms with Crippen LogP contribution in [0.3, 0.4) is 0 Å². The Balaban J connectivity index is 2.48. The van der Waals surface area contributed by atoms with Gasteiger partial charge in [-0.2, -0.15) is 0 Å². The first-order valence-corrected chi connectivity index (χ1v) is 7.91. The standard InChI is InChI=1S/C17H28N4/c1-4-6-7-8-9-10-11-12-14-16(13-5-2)21-15-19-17(18-3)20-21/h5,11-15H,4,6-10H2,1-3H3,(H,18,20). The van der Waals surface area contributed by atoms with Crippen LogP contribution >= 0.6 is 0 Å². The average Bonchev–Trinajstić information content (AvgIpc) is 2.97. The lowest BCUT2D eigenvalue weighted by Crippen LogP contribution is -1.97. The first-order valence-electron chi connectivity index (χ1n) is 7.91. The number of rotatable bonds is 10. The fourth-order valence-electron chi connectivity index (χ4n) is 2.01. The quantitative estimate of drug-likeness (QED) is 0.503. The van der Waals surface area contributed by atoms with Gasteiger partial charge in [0.1, 0.15) is 6.33 Å². The predicted molar refractivity (Wildman–Crippen MR) is 91.2 cm³/mol. The molecule has 21 heavy (non-hydrogen) atoms. The van der Waals surface area contributed by atoms with Gasteiger partial charge >= 0.3 is 0 Å². The van der Waals surface area contributed by atoms with Crippen molar-refractivity contribution in [3.05, 3.63) is 36.7 Å². The van der Waals surface area contributed by atoms with Gasteiger partial charge in [-0.1, -0.05) is 50.8 Å². The molecule has 0 spiro atoms. The number of nitrogens with one attached hydrogen (secondary N) is 1. The van der Waals surface area contributed by atoms with Gasteiger partial charge in [0.25, 0.3) is 0 Å². The van der Waals surface area contributed by atoms with Crippen molar-refractivity contribution in [2.75, 3.05) is 12.4 Å². The summed E-state index contributed by atoms with van der Waals surface area (Å²) < 4.78 is 1.78. The van der Waals surface area contributed by atoms with E-state index in [1.165, 1.54) is 32.1 Å². The normalized spacial score (nSPS) is 12.6. The molecule has 1 aromatic rings. The Morgan fingerprint density at radius 1 is 1.29 bits per heavy atom. The van der Waals surface area contributed by atoms with Gasteiger partial charge in [0.05, 0.1) is 5.70 Å². The molecule has 0 atom stereocenters. The summed E-state index contributed by atoms with van der Waals surface area (Å²) >= 11 is 0. The summed E-state index contributed by atoms with van der Waals surface area (Å²) in [7, 11) is 1.82. The number of anilines is 1. The Bertz CT molecular complexity index is 469. The number of unbranched alkanes of at least 4 members (excludes halogenated alkanes) is 5. The Kier molecular flexibility index (Phi) is 8.93. The Morgan fingerprint density at radius 2 is 2.10 bits per heavy atom. The summed E-state index contributed by atoms with van der Waals surface area (Å²) in [6, 6.07) is 0. The van der Waals surface area contributed by atoms with E-state index in [9.17, 15) is 0 Å². The van der Waals surface area contributed by atoms with Crippen molar-refractivity contribution in [2.45, 2.75) is 52.4 Å². The smallest absolute Gasteiger partial charge is 0.242 e. The van der Waals surface area contributed by atoms with E-state index in [2.05, 4.69) is 40.6 Å². The van der Waals surface area contributed by atoms with Crippen LogP contribution in [0.4, 0.5) is 5.95 Å². The van der Waals surface area contributed by atoms with Crippen LogP contribution in [0.25, 0.3) is 5.70 Å². The van der Waals surface area contributed by atoms with Gasteiger partial charge in [-0.3, -0.25) is 0 Å². The zero-order valence-electron chi connectivity index (χ0n) is 13.5. The highest BCUT2D eigenvalue weighted by Crippen LogP contribution is 2.09. The third-order valence-electron chi connectivity index (χ3n) is 3.19. The molecule has 0 saturated carbocycles. The minimum absolute atomic E-state index is 0.630. The second kappa shape index (κ2) is 10.9. The van der Waals surface area contributed by atoms with E-state index in [4.69, 9.17) is 0 Å². The maximum atomic E-state index is 4.34. The van der Waals surface area contributed by atoms with Crippen LogP contribution < -0.4 is 5.32 Å². The van der Waals surface area contributed by atoms with Gasteiger partial charge in [-0.25, -0.2) is 9.67 Å². The molecule has 0 aliphatic rings.